The summed E-state index contributed by atoms with van der Waals surface area (Å²) in [5.74, 6) is -0.178. The molecule has 0 radical (unpaired) electrons. The molecule has 3 atom stereocenters. The van der Waals surface area contributed by atoms with Gasteiger partial charge in [-0.05, 0) is 31.5 Å². The van der Waals surface area contributed by atoms with Crippen molar-refractivity contribution in [3.8, 4) is 0 Å². The Balaban J connectivity index is 1.84. The molecular weight excluding hydrogens is 306 g/mol. The van der Waals surface area contributed by atoms with E-state index in [1.807, 2.05) is 55.5 Å². The van der Waals surface area contributed by atoms with Gasteiger partial charge in [0.2, 0.25) is 0 Å². The average Bonchev–Trinajstić information content (AvgIpc) is 2.61. The van der Waals surface area contributed by atoms with Crippen molar-refractivity contribution in [1.82, 2.24) is 5.48 Å². The minimum absolute atomic E-state index is 0.0133. The maximum absolute atomic E-state index is 12.3. The third-order valence-electron chi connectivity index (χ3n) is 4.04. The van der Waals surface area contributed by atoms with Crippen molar-refractivity contribution in [2.45, 2.75) is 30.6 Å². The van der Waals surface area contributed by atoms with Crippen LogP contribution >= 0.6 is 0 Å². The molecule has 1 amide bonds. The van der Waals surface area contributed by atoms with Crippen LogP contribution in [0, 0.1) is 5.92 Å². The van der Waals surface area contributed by atoms with Crippen molar-refractivity contribution in [3.63, 3.8) is 0 Å². The Hall–Kier alpha value is -1.78. The van der Waals surface area contributed by atoms with E-state index in [1.165, 1.54) is 4.90 Å². The first-order valence-electron chi connectivity index (χ1n) is 7.75. The van der Waals surface area contributed by atoms with Crippen LogP contribution in [0.15, 0.2) is 65.6 Å². The molecule has 0 aliphatic carbocycles. The van der Waals surface area contributed by atoms with Gasteiger partial charge in [-0.2, -0.15) is 0 Å². The van der Waals surface area contributed by atoms with Crippen LogP contribution in [-0.2, 0) is 27.1 Å². The van der Waals surface area contributed by atoms with Crippen molar-refractivity contribution >= 4 is 16.8 Å². The van der Waals surface area contributed by atoms with Gasteiger partial charge in [-0.25, -0.2) is 5.48 Å². The Kier molecular flexibility index (Phi) is 6.68. The molecule has 4 heteroatoms. The molecule has 0 aliphatic heterocycles. The van der Waals surface area contributed by atoms with Crippen LogP contribution in [0.4, 0.5) is 0 Å². The lowest BCUT2D eigenvalue weighted by Crippen LogP contribution is -2.38. The lowest BCUT2D eigenvalue weighted by Gasteiger charge is -2.18. The highest BCUT2D eigenvalue weighted by Crippen LogP contribution is 2.21. The van der Waals surface area contributed by atoms with Crippen LogP contribution < -0.4 is 5.48 Å². The maximum atomic E-state index is 12.3. The third kappa shape index (κ3) is 5.12. The second kappa shape index (κ2) is 8.75. The molecule has 0 aromatic heterocycles. The molecule has 2 aromatic rings. The number of amides is 1. The van der Waals surface area contributed by atoms with Crippen molar-refractivity contribution in [2.24, 2.45) is 5.92 Å². The number of hydroxylamine groups is 1. The van der Waals surface area contributed by atoms with Crippen molar-refractivity contribution < 1.29 is 9.63 Å². The van der Waals surface area contributed by atoms with E-state index in [2.05, 4.69) is 30.8 Å². The Bertz CT molecular complexity index is 603. The van der Waals surface area contributed by atoms with Crippen LogP contribution in [-0.4, -0.2) is 17.4 Å². The van der Waals surface area contributed by atoms with E-state index in [-0.39, 0.29) is 28.0 Å². The molecule has 3 nitrogen and oxygen atoms in total. The van der Waals surface area contributed by atoms with E-state index in [4.69, 9.17) is 4.84 Å². The van der Waals surface area contributed by atoms with Crippen LogP contribution in [0.1, 0.15) is 19.4 Å². The zero-order valence-corrected chi connectivity index (χ0v) is 14.7. The molecule has 122 valence electrons. The van der Waals surface area contributed by atoms with Crippen molar-refractivity contribution in [3.05, 3.63) is 66.2 Å². The van der Waals surface area contributed by atoms with Gasteiger partial charge in [0.1, 0.15) is 11.5 Å². The van der Waals surface area contributed by atoms with E-state index < -0.39 is 0 Å². The minimum atomic E-state index is -0.112. The van der Waals surface area contributed by atoms with Crippen LogP contribution in [0.5, 0.6) is 0 Å². The molecule has 0 aliphatic rings. The molecule has 0 fully saturated rings. The van der Waals surface area contributed by atoms with E-state index >= 15 is 0 Å². The van der Waals surface area contributed by atoms with E-state index in [1.54, 1.807) is 0 Å². The van der Waals surface area contributed by atoms with Gasteiger partial charge in [0.05, 0.1) is 12.5 Å². The van der Waals surface area contributed by atoms with E-state index in [0.717, 1.165) is 5.56 Å². The summed E-state index contributed by atoms with van der Waals surface area (Å²) in [7, 11) is 0.0133. The maximum Gasteiger partial charge on any atom is 0.251 e. The molecule has 23 heavy (non-hydrogen) atoms. The Labute approximate surface area is 141 Å². The monoisotopic (exact) mass is 330 g/mol. The number of benzene rings is 2. The summed E-state index contributed by atoms with van der Waals surface area (Å²) in [5, 5.41) is 0.248. The van der Waals surface area contributed by atoms with Gasteiger partial charge in [0, 0.05) is 10.9 Å². The summed E-state index contributed by atoms with van der Waals surface area (Å²) >= 11 is 0. The number of carbonyl (C=O) groups is 1. The zero-order chi connectivity index (χ0) is 16.7. The number of rotatable bonds is 7. The van der Waals surface area contributed by atoms with Gasteiger partial charge < -0.3 is 0 Å². The van der Waals surface area contributed by atoms with Gasteiger partial charge in [-0.15, -0.1) is 0 Å². The summed E-state index contributed by atoms with van der Waals surface area (Å²) in [6, 6.07) is 20.1. The van der Waals surface area contributed by atoms with E-state index in [0.29, 0.717) is 6.61 Å². The fourth-order valence-electron chi connectivity index (χ4n) is 2.23. The van der Waals surface area contributed by atoms with E-state index in [9.17, 15) is 4.79 Å². The summed E-state index contributed by atoms with van der Waals surface area (Å²) in [4.78, 5) is 18.9. The van der Waals surface area contributed by atoms with Gasteiger partial charge in [-0.3, -0.25) is 9.63 Å². The highest BCUT2D eigenvalue weighted by atomic mass is 32.2. The first-order valence-corrected chi connectivity index (χ1v) is 9.44. The zero-order valence-electron chi connectivity index (χ0n) is 13.9. The molecule has 0 spiro atoms. The number of nitrogens with one attached hydrogen (secondary N) is 1. The Morgan fingerprint density at radius 2 is 1.61 bits per heavy atom. The molecule has 0 saturated carbocycles. The number of carbonyl (C=O) groups excluding carboxylic acids is 1. The lowest BCUT2D eigenvalue weighted by molar-refractivity contribution is -0.138. The Morgan fingerprint density at radius 3 is 2.22 bits per heavy atom. The van der Waals surface area contributed by atoms with Gasteiger partial charge in [-0.1, -0.05) is 48.5 Å². The SMILES string of the molecule is C[C@@H](C(=O)NOCc1ccccc1)[C@H](C)[S+](C)c1ccccc1. The first kappa shape index (κ1) is 17.6. The standard InChI is InChI=1S/C19H23NO2S/c1-15(16(2)23(3)18-12-8-5-9-13-18)19(21)20-22-14-17-10-6-4-7-11-17/h4-13,15-16H,14H2,1-3H3/p+1/t15-,16+,23?/m1/s1. The highest BCUT2D eigenvalue weighted by molar-refractivity contribution is 7.96. The largest absolute Gasteiger partial charge is 0.272 e. The topological polar surface area (TPSA) is 38.3 Å². The third-order valence-corrected chi connectivity index (χ3v) is 6.58. The Morgan fingerprint density at radius 1 is 1.04 bits per heavy atom. The molecule has 2 rings (SSSR count). The highest BCUT2D eigenvalue weighted by Gasteiger charge is 2.33. The van der Waals surface area contributed by atoms with Gasteiger partial charge in [0.25, 0.3) is 5.91 Å². The lowest BCUT2D eigenvalue weighted by atomic mass is 10.1. The fourth-order valence-corrected chi connectivity index (χ4v) is 3.98. The predicted molar refractivity (Wildman–Crippen MR) is 96.0 cm³/mol. The molecule has 1 unspecified atom stereocenters. The molecular formula is C19H24NO2S+. The minimum Gasteiger partial charge on any atom is -0.272 e. The fraction of sp³-hybridized carbons (Fsp3) is 0.316. The van der Waals surface area contributed by atoms with Crippen LogP contribution in [0.25, 0.3) is 0 Å². The molecule has 0 saturated heterocycles. The first-order chi connectivity index (χ1) is 11.1. The van der Waals surface area contributed by atoms with Crippen LogP contribution in [0.2, 0.25) is 0 Å². The second-order valence-electron chi connectivity index (χ2n) is 5.61. The normalized spacial score (nSPS) is 14.7. The molecule has 1 N–H and O–H groups in total. The predicted octanol–water partition coefficient (Wildman–Crippen LogP) is 3.57. The smallest absolute Gasteiger partial charge is 0.251 e. The molecule has 0 heterocycles. The van der Waals surface area contributed by atoms with Crippen molar-refractivity contribution in [1.29, 1.82) is 0 Å². The molecule has 0 bridgehead atoms. The second-order valence-corrected chi connectivity index (χ2v) is 7.94. The molecule has 2 aromatic carbocycles. The summed E-state index contributed by atoms with van der Waals surface area (Å²) < 4.78 is 0. The number of hydrogen-bond donors (Lipinski definition) is 1. The quantitative estimate of drug-likeness (QED) is 0.622. The summed E-state index contributed by atoms with van der Waals surface area (Å²) in [6.45, 7) is 4.46. The number of hydrogen-bond acceptors (Lipinski definition) is 2. The van der Waals surface area contributed by atoms with Crippen LogP contribution in [0.3, 0.4) is 0 Å². The van der Waals surface area contributed by atoms with Gasteiger partial charge in [0.15, 0.2) is 4.90 Å². The summed E-state index contributed by atoms with van der Waals surface area (Å²) in [6.07, 6.45) is 2.19. The van der Waals surface area contributed by atoms with Crippen molar-refractivity contribution in [2.75, 3.05) is 6.26 Å². The van der Waals surface area contributed by atoms with Gasteiger partial charge >= 0.3 is 0 Å². The summed E-state index contributed by atoms with van der Waals surface area (Å²) in [5.41, 5.74) is 3.62. The average molecular weight is 330 g/mol.